The number of rotatable bonds is 62. The Morgan fingerprint density at radius 1 is 0.365 bits per heavy atom. The van der Waals surface area contributed by atoms with Gasteiger partial charge in [-0.2, -0.15) is 0 Å². The van der Waals surface area contributed by atoms with Crippen LogP contribution in [0.1, 0.15) is 361 Å². The third-order valence-electron chi connectivity index (χ3n) is 15.4. The lowest BCUT2D eigenvalue weighted by Crippen LogP contribution is -2.45. The molecule has 0 heterocycles. The van der Waals surface area contributed by atoms with Crippen LogP contribution in [0.4, 0.5) is 0 Å². The first-order valence-corrected chi connectivity index (χ1v) is 33.3. The summed E-state index contributed by atoms with van der Waals surface area (Å²) in [4.78, 5) is 24.6. The van der Waals surface area contributed by atoms with Crippen LogP contribution in [0.25, 0.3) is 0 Å². The normalized spacial score (nSPS) is 12.8. The molecule has 1 amide bonds. The topological polar surface area (TPSA) is 95.9 Å². The molecule has 0 fully saturated rings. The molecule has 0 spiro atoms. The lowest BCUT2D eigenvalue weighted by Gasteiger charge is -2.20. The SMILES string of the molecule is CCCCCCCC/C=C\CCCCCCCC(=O)OCCCCCCCC/C=C\CCCCCCCCCC(=O)NC(CO)C(O)/C=C/CCCCCCCCCCCCCCCCCCCCCCCCC. The quantitative estimate of drug-likeness (QED) is 0.0320. The average Bonchev–Trinajstić information content (AvgIpc) is 3.40. The van der Waals surface area contributed by atoms with E-state index in [9.17, 15) is 19.8 Å². The maximum absolute atomic E-state index is 12.5. The van der Waals surface area contributed by atoms with Crippen LogP contribution in [-0.4, -0.2) is 47.4 Å². The highest BCUT2D eigenvalue weighted by molar-refractivity contribution is 5.76. The highest BCUT2D eigenvalue weighted by atomic mass is 16.5. The van der Waals surface area contributed by atoms with Crippen LogP contribution in [-0.2, 0) is 14.3 Å². The van der Waals surface area contributed by atoms with E-state index in [1.807, 2.05) is 6.08 Å². The van der Waals surface area contributed by atoms with Gasteiger partial charge in [0.05, 0.1) is 25.4 Å². The summed E-state index contributed by atoms with van der Waals surface area (Å²) in [7, 11) is 0. The van der Waals surface area contributed by atoms with Gasteiger partial charge >= 0.3 is 5.97 Å². The summed E-state index contributed by atoms with van der Waals surface area (Å²) < 4.78 is 5.47. The summed E-state index contributed by atoms with van der Waals surface area (Å²) in [5, 5.41) is 23.2. The second kappa shape index (κ2) is 63.6. The van der Waals surface area contributed by atoms with Gasteiger partial charge in [0.25, 0.3) is 0 Å². The second-order valence-electron chi connectivity index (χ2n) is 22.8. The Labute approximate surface area is 462 Å². The fraction of sp³-hybridized carbons (Fsp3) is 0.882. The minimum Gasteiger partial charge on any atom is -0.466 e. The number of esters is 1. The van der Waals surface area contributed by atoms with Crippen LogP contribution in [0.3, 0.4) is 0 Å². The van der Waals surface area contributed by atoms with Crippen LogP contribution in [0.5, 0.6) is 0 Å². The number of aliphatic hydroxyl groups is 2. The van der Waals surface area contributed by atoms with Crippen molar-refractivity contribution in [3.05, 3.63) is 36.5 Å². The first-order chi connectivity index (χ1) is 36.5. The number of ether oxygens (including phenoxy) is 1. The van der Waals surface area contributed by atoms with Crippen LogP contribution in [0, 0.1) is 0 Å². The Kier molecular flexibility index (Phi) is 62.0. The van der Waals surface area contributed by atoms with Gasteiger partial charge in [-0.15, -0.1) is 0 Å². The van der Waals surface area contributed by atoms with E-state index in [1.165, 1.54) is 276 Å². The maximum atomic E-state index is 12.5. The highest BCUT2D eigenvalue weighted by Gasteiger charge is 2.18. The van der Waals surface area contributed by atoms with Gasteiger partial charge in [0.15, 0.2) is 0 Å². The summed E-state index contributed by atoms with van der Waals surface area (Å²) in [6, 6.07) is -0.639. The zero-order chi connectivity index (χ0) is 53.6. The van der Waals surface area contributed by atoms with Crippen molar-refractivity contribution in [1.29, 1.82) is 0 Å². The van der Waals surface area contributed by atoms with Gasteiger partial charge in [0, 0.05) is 12.8 Å². The van der Waals surface area contributed by atoms with Crippen molar-refractivity contribution in [2.24, 2.45) is 0 Å². The van der Waals surface area contributed by atoms with E-state index in [1.54, 1.807) is 6.08 Å². The number of carbonyl (C=O) groups is 2. The summed E-state index contributed by atoms with van der Waals surface area (Å²) in [5.74, 6) is -0.0870. The van der Waals surface area contributed by atoms with Crippen LogP contribution < -0.4 is 5.32 Å². The number of unbranched alkanes of at least 4 members (excludes halogenated alkanes) is 47. The Balaban J connectivity index is 3.48. The van der Waals surface area contributed by atoms with Crippen molar-refractivity contribution in [1.82, 2.24) is 5.32 Å². The van der Waals surface area contributed by atoms with E-state index in [0.29, 0.717) is 19.4 Å². The predicted octanol–water partition coefficient (Wildman–Crippen LogP) is 21.1. The third-order valence-corrected chi connectivity index (χ3v) is 15.4. The molecule has 0 aromatic rings. The van der Waals surface area contributed by atoms with Gasteiger partial charge in [0.2, 0.25) is 5.91 Å². The van der Waals surface area contributed by atoms with Crippen molar-refractivity contribution in [2.45, 2.75) is 373 Å². The minimum absolute atomic E-state index is 0.0101. The zero-order valence-electron chi connectivity index (χ0n) is 49.8. The molecule has 3 N–H and O–H groups in total. The third kappa shape index (κ3) is 59.3. The van der Waals surface area contributed by atoms with Crippen LogP contribution in [0.2, 0.25) is 0 Å². The summed E-state index contributed by atoms with van der Waals surface area (Å²) in [5.41, 5.74) is 0. The van der Waals surface area contributed by atoms with Crippen molar-refractivity contribution in [2.75, 3.05) is 13.2 Å². The molecule has 0 aliphatic rings. The number of amides is 1. The predicted molar refractivity (Wildman–Crippen MR) is 324 cm³/mol. The van der Waals surface area contributed by atoms with Gasteiger partial charge in [0.1, 0.15) is 0 Å². The van der Waals surface area contributed by atoms with Gasteiger partial charge < -0.3 is 20.3 Å². The van der Waals surface area contributed by atoms with Crippen molar-refractivity contribution < 1.29 is 24.5 Å². The van der Waals surface area contributed by atoms with E-state index >= 15 is 0 Å². The molecule has 0 aliphatic carbocycles. The molecule has 2 unspecified atom stereocenters. The molecule has 74 heavy (non-hydrogen) atoms. The Hall–Kier alpha value is -1.92. The molecule has 0 saturated heterocycles. The van der Waals surface area contributed by atoms with Crippen molar-refractivity contribution in [3.8, 4) is 0 Å². The fourth-order valence-corrected chi connectivity index (χ4v) is 10.3. The summed E-state index contributed by atoms with van der Waals surface area (Å²) >= 11 is 0. The Morgan fingerprint density at radius 2 is 0.635 bits per heavy atom. The monoisotopic (exact) mass is 1040 g/mol. The van der Waals surface area contributed by atoms with Crippen molar-refractivity contribution in [3.63, 3.8) is 0 Å². The van der Waals surface area contributed by atoms with Gasteiger partial charge in [-0.3, -0.25) is 9.59 Å². The van der Waals surface area contributed by atoms with E-state index in [4.69, 9.17) is 4.74 Å². The average molecular weight is 1040 g/mol. The summed E-state index contributed by atoms with van der Waals surface area (Å²) in [6.07, 6.45) is 80.5. The molecular formula is C68H129NO5. The van der Waals surface area contributed by atoms with Crippen molar-refractivity contribution >= 4 is 11.9 Å². The molecule has 0 aromatic heterocycles. The van der Waals surface area contributed by atoms with Gasteiger partial charge in [-0.25, -0.2) is 0 Å². The molecule has 6 nitrogen and oxygen atoms in total. The van der Waals surface area contributed by atoms with E-state index in [0.717, 1.165) is 57.8 Å². The lowest BCUT2D eigenvalue weighted by molar-refractivity contribution is -0.143. The number of allylic oxidation sites excluding steroid dienone is 5. The van der Waals surface area contributed by atoms with Crippen LogP contribution >= 0.6 is 0 Å². The Bertz CT molecular complexity index is 1200. The number of carbonyl (C=O) groups excluding carboxylic acids is 2. The van der Waals surface area contributed by atoms with E-state index < -0.39 is 12.1 Å². The van der Waals surface area contributed by atoms with E-state index in [-0.39, 0.29) is 18.5 Å². The van der Waals surface area contributed by atoms with Gasteiger partial charge in [-0.05, 0) is 83.5 Å². The number of hydrogen-bond donors (Lipinski definition) is 3. The lowest BCUT2D eigenvalue weighted by atomic mass is 10.0. The molecule has 0 radical (unpaired) electrons. The molecule has 0 bridgehead atoms. The first kappa shape index (κ1) is 72.1. The van der Waals surface area contributed by atoms with E-state index in [2.05, 4.69) is 43.5 Å². The second-order valence-corrected chi connectivity index (χ2v) is 22.8. The maximum Gasteiger partial charge on any atom is 0.305 e. The molecule has 6 heteroatoms. The summed E-state index contributed by atoms with van der Waals surface area (Å²) in [6.45, 7) is 4.90. The molecule has 0 rings (SSSR count). The minimum atomic E-state index is -0.855. The number of hydrogen-bond acceptors (Lipinski definition) is 5. The highest BCUT2D eigenvalue weighted by Crippen LogP contribution is 2.18. The molecule has 0 saturated carbocycles. The zero-order valence-corrected chi connectivity index (χ0v) is 49.8. The molecular weight excluding hydrogens is 911 g/mol. The molecule has 436 valence electrons. The number of nitrogens with one attached hydrogen (secondary N) is 1. The molecule has 0 aromatic carbocycles. The molecule has 2 atom stereocenters. The first-order valence-electron chi connectivity index (χ1n) is 33.3. The Morgan fingerprint density at radius 3 is 0.959 bits per heavy atom. The smallest absolute Gasteiger partial charge is 0.305 e. The molecule has 0 aliphatic heterocycles. The standard InChI is InChI=1S/C68H129NO5/c1-3-5-7-9-11-13-15-17-19-20-21-22-23-24-25-26-27-29-33-36-40-44-48-52-56-60-66(71)65(64-70)69-67(72)61-57-53-49-45-41-37-34-30-28-31-35-39-43-47-51-55-59-63-74-68(73)62-58-54-50-46-42-38-32-18-16-14-12-10-8-6-4-2/h18,28,31-32,56,60,65-66,70-71H,3-17,19-27,29-30,33-55,57-59,61-64H2,1-2H3,(H,69,72)/b31-28-,32-18-,60-56+. The number of aliphatic hydroxyl groups excluding tert-OH is 2. The van der Waals surface area contributed by atoms with Crippen LogP contribution in [0.15, 0.2) is 36.5 Å². The van der Waals surface area contributed by atoms with Gasteiger partial charge in [-0.1, -0.05) is 301 Å². The largest absolute Gasteiger partial charge is 0.466 e. The fourth-order valence-electron chi connectivity index (χ4n) is 10.3.